The molecule has 0 radical (unpaired) electrons. The van der Waals surface area contributed by atoms with Gasteiger partial charge in [0.05, 0.1) is 26.4 Å². The molecule has 7 heteroatoms. The molecule has 0 amide bonds. The lowest BCUT2D eigenvalue weighted by atomic mass is 10.0. The molecule has 7 nitrogen and oxygen atoms in total. The van der Waals surface area contributed by atoms with Crippen molar-refractivity contribution in [1.82, 2.24) is 4.98 Å². The fourth-order valence-electron chi connectivity index (χ4n) is 5.04. The number of anilines is 2. The first-order valence-corrected chi connectivity index (χ1v) is 11.9. The maximum absolute atomic E-state index is 12.4. The van der Waals surface area contributed by atoms with Gasteiger partial charge in [0, 0.05) is 56.3 Å². The van der Waals surface area contributed by atoms with E-state index in [0.717, 1.165) is 82.2 Å². The number of benzene rings is 1. The van der Waals surface area contributed by atoms with Crippen molar-refractivity contribution in [3.8, 4) is 5.75 Å². The fourth-order valence-corrected chi connectivity index (χ4v) is 5.04. The molecular weight excluding hydrogens is 406 g/mol. The van der Waals surface area contributed by atoms with E-state index in [-0.39, 0.29) is 11.7 Å². The second-order valence-electron chi connectivity index (χ2n) is 8.96. The zero-order valence-electron chi connectivity index (χ0n) is 18.6. The molecule has 0 saturated carbocycles. The van der Waals surface area contributed by atoms with Crippen LogP contribution in [0.1, 0.15) is 31.2 Å². The van der Waals surface area contributed by atoms with E-state index in [2.05, 4.69) is 45.1 Å². The molecule has 0 unspecified atom stereocenters. The second kappa shape index (κ2) is 9.96. The number of nitrogens with zero attached hydrogens (tertiary/aromatic N) is 2. The molecule has 32 heavy (non-hydrogen) atoms. The third-order valence-corrected chi connectivity index (χ3v) is 6.72. The maximum atomic E-state index is 12.4. The predicted octanol–water partition coefficient (Wildman–Crippen LogP) is 2.98. The van der Waals surface area contributed by atoms with Gasteiger partial charge in [-0.05, 0) is 37.0 Å². The third kappa shape index (κ3) is 5.10. The minimum absolute atomic E-state index is 0.0403. The Bertz CT molecular complexity index is 950. The second-order valence-corrected chi connectivity index (χ2v) is 8.96. The van der Waals surface area contributed by atoms with Gasteiger partial charge in [0.15, 0.2) is 0 Å². The van der Waals surface area contributed by atoms with Crippen LogP contribution >= 0.6 is 0 Å². The van der Waals surface area contributed by atoms with Gasteiger partial charge in [-0.25, -0.2) is 0 Å². The molecule has 3 fully saturated rings. The van der Waals surface area contributed by atoms with Crippen LogP contribution in [0.3, 0.4) is 0 Å². The largest absolute Gasteiger partial charge is 0.490 e. The van der Waals surface area contributed by atoms with Crippen molar-refractivity contribution in [2.24, 2.45) is 0 Å². The molecule has 1 N–H and O–H groups in total. The lowest BCUT2D eigenvalue weighted by Crippen LogP contribution is -2.37. The third-order valence-electron chi connectivity index (χ3n) is 6.72. The molecule has 1 atom stereocenters. The van der Waals surface area contributed by atoms with E-state index >= 15 is 0 Å². The van der Waals surface area contributed by atoms with E-state index < -0.39 is 0 Å². The number of hydrogen-bond acceptors (Lipinski definition) is 6. The first-order chi connectivity index (χ1) is 15.7. The van der Waals surface area contributed by atoms with Gasteiger partial charge in [-0.15, -0.1) is 0 Å². The Kier molecular flexibility index (Phi) is 6.64. The summed E-state index contributed by atoms with van der Waals surface area (Å²) in [6.07, 6.45) is 5.34. The Morgan fingerprint density at radius 2 is 1.78 bits per heavy atom. The lowest BCUT2D eigenvalue weighted by Gasteiger charge is -2.31. The molecule has 0 bridgehead atoms. The Morgan fingerprint density at radius 1 is 0.969 bits per heavy atom. The summed E-state index contributed by atoms with van der Waals surface area (Å²) in [5.74, 6) is 1.87. The van der Waals surface area contributed by atoms with Crippen LogP contribution in [0, 0.1) is 0 Å². The van der Waals surface area contributed by atoms with Crippen molar-refractivity contribution in [2.75, 3.05) is 55.9 Å². The smallest absolute Gasteiger partial charge is 0.251 e. The molecule has 0 spiro atoms. The Labute approximate surface area is 189 Å². The van der Waals surface area contributed by atoms with Gasteiger partial charge >= 0.3 is 0 Å². The van der Waals surface area contributed by atoms with Crippen molar-refractivity contribution >= 4 is 11.5 Å². The number of aromatic nitrogens is 1. The predicted molar refractivity (Wildman–Crippen MR) is 125 cm³/mol. The summed E-state index contributed by atoms with van der Waals surface area (Å²) in [7, 11) is 0. The number of H-pyrrole nitrogens is 1. The number of pyridine rings is 1. The highest BCUT2D eigenvalue weighted by Crippen LogP contribution is 2.29. The zero-order valence-corrected chi connectivity index (χ0v) is 18.6. The van der Waals surface area contributed by atoms with Crippen LogP contribution in [0.15, 0.2) is 41.2 Å². The van der Waals surface area contributed by atoms with Crippen molar-refractivity contribution in [3.05, 3.63) is 52.3 Å². The molecular formula is C25H33N3O4. The zero-order chi connectivity index (χ0) is 21.8. The van der Waals surface area contributed by atoms with Crippen LogP contribution in [0.4, 0.5) is 11.5 Å². The van der Waals surface area contributed by atoms with Crippen LogP contribution in [-0.4, -0.2) is 63.2 Å². The van der Waals surface area contributed by atoms with Gasteiger partial charge in [0.1, 0.15) is 17.7 Å². The summed E-state index contributed by atoms with van der Waals surface area (Å²) in [5.41, 5.74) is 2.23. The number of morpholine rings is 1. The molecule has 0 aliphatic carbocycles. The monoisotopic (exact) mass is 439 g/mol. The Morgan fingerprint density at radius 3 is 2.62 bits per heavy atom. The van der Waals surface area contributed by atoms with Crippen LogP contribution in [0.5, 0.6) is 5.75 Å². The van der Waals surface area contributed by atoms with Crippen LogP contribution < -0.4 is 20.1 Å². The van der Waals surface area contributed by atoms with E-state index in [4.69, 9.17) is 14.2 Å². The molecule has 3 aliphatic heterocycles. The first-order valence-electron chi connectivity index (χ1n) is 11.9. The highest BCUT2D eigenvalue weighted by molar-refractivity contribution is 5.56. The number of nitrogens with one attached hydrogen (secondary N) is 1. The van der Waals surface area contributed by atoms with Gasteiger partial charge < -0.3 is 29.0 Å². The van der Waals surface area contributed by atoms with Gasteiger partial charge in [0.2, 0.25) is 0 Å². The topological polar surface area (TPSA) is 67.0 Å². The van der Waals surface area contributed by atoms with Crippen LogP contribution in [0.25, 0.3) is 0 Å². The quantitative estimate of drug-likeness (QED) is 0.747. The van der Waals surface area contributed by atoms with Gasteiger partial charge in [-0.1, -0.05) is 12.1 Å². The van der Waals surface area contributed by atoms with E-state index in [0.29, 0.717) is 19.3 Å². The minimum Gasteiger partial charge on any atom is -0.490 e. The minimum atomic E-state index is -0.0403. The number of rotatable bonds is 6. The molecule has 3 aliphatic rings. The Balaban J connectivity index is 1.29. The molecule has 1 aromatic heterocycles. The summed E-state index contributed by atoms with van der Waals surface area (Å²) >= 11 is 0. The molecule has 2 aromatic rings. The average molecular weight is 440 g/mol. The summed E-state index contributed by atoms with van der Waals surface area (Å²) in [5, 5.41) is 0. The summed E-state index contributed by atoms with van der Waals surface area (Å²) in [4.78, 5) is 20.1. The SMILES string of the molecule is O=c1cc(N2CCOCC2)cc(N2CCC[C@H]2Cc2cccc(OC3CCOCC3)c2)[nH]1. The maximum Gasteiger partial charge on any atom is 0.251 e. The van der Waals surface area contributed by atoms with Crippen molar-refractivity contribution in [3.63, 3.8) is 0 Å². The summed E-state index contributed by atoms with van der Waals surface area (Å²) < 4.78 is 17.1. The highest BCUT2D eigenvalue weighted by Gasteiger charge is 2.27. The molecule has 5 rings (SSSR count). The van der Waals surface area contributed by atoms with Crippen molar-refractivity contribution in [1.29, 1.82) is 0 Å². The molecule has 3 saturated heterocycles. The van der Waals surface area contributed by atoms with Crippen LogP contribution in [0.2, 0.25) is 0 Å². The van der Waals surface area contributed by atoms with E-state index in [1.54, 1.807) is 6.07 Å². The fraction of sp³-hybridized carbons (Fsp3) is 0.560. The first kappa shape index (κ1) is 21.3. The number of hydrogen-bond donors (Lipinski definition) is 1. The Hall–Kier alpha value is -2.51. The molecule has 4 heterocycles. The van der Waals surface area contributed by atoms with Crippen molar-refractivity contribution < 1.29 is 14.2 Å². The normalized spacial score (nSPS) is 22.3. The van der Waals surface area contributed by atoms with Crippen molar-refractivity contribution in [2.45, 2.75) is 44.2 Å². The van der Waals surface area contributed by atoms with Crippen LogP contribution in [-0.2, 0) is 15.9 Å². The van der Waals surface area contributed by atoms with E-state index in [1.165, 1.54) is 5.56 Å². The molecule has 1 aromatic carbocycles. The van der Waals surface area contributed by atoms with E-state index in [1.807, 2.05) is 0 Å². The number of ether oxygens (including phenoxy) is 3. The average Bonchev–Trinajstić information content (AvgIpc) is 3.28. The van der Waals surface area contributed by atoms with Gasteiger partial charge in [-0.2, -0.15) is 0 Å². The standard InChI is InChI=1S/C25H33N3O4/c29-25-18-21(27-9-13-31-14-10-27)17-24(26-25)28-8-2-4-20(28)15-19-3-1-5-23(16-19)32-22-6-11-30-12-7-22/h1,3,5,16-18,20,22H,2,4,6-15H2,(H,26,29)/t20-/m0/s1. The highest BCUT2D eigenvalue weighted by atomic mass is 16.5. The summed E-state index contributed by atoms with van der Waals surface area (Å²) in [6.45, 7) is 5.59. The van der Waals surface area contributed by atoms with Gasteiger partial charge in [-0.3, -0.25) is 4.79 Å². The lowest BCUT2D eigenvalue weighted by molar-refractivity contribution is 0.0255. The summed E-state index contributed by atoms with van der Waals surface area (Å²) in [6, 6.07) is 12.7. The number of aromatic amines is 1. The van der Waals surface area contributed by atoms with E-state index in [9.17, 15) is 4.79 Å². The molecule has 172 valence electrons. The van der Waals surface area contributed by atoms with Gasteiger partial charge in [0.25, 0.3) is 5.56 Å².